The number of halogens is 1. The van der Waals surface area contributed by atoms with Gasteiger partial charge in [-0.2, -0.15) is 0 Å². The fourth-order valence-corrected chi connectivity index (χ4v) is 6.49. The first-order chi connectivity index (χ1) is 16.8. The highest BCUT2D eigenvalue weighted by Crippen LogP contribution is 2.64. The molecule has 1 saturated heterocycles. The molecule has 3 heterocycles. The number of para-hydroxylation sites is 2. The maximum atomic E-state index is 14.5. The van der Waals surface area contributed by atoms with E-state index in [4.69, 9.17) is 16.3 Å². The van der Waals surface area contributed by atoms with Gasteiger partial charge in [-0.15, -0.1) is 0 Å². The van der Waals surface area contributed by atoms with Crippen LogP contribution < -0.4 is 10.1 Å². The Hall–Kier alpha value is -3.75. The summed E-state index contributed by atoms with van der Waals surface area (Å²) >= 11 is 6.10. The topological polar surface area (TPSA) is 102 Å². The number of fused-ring (bicyclic) bond motifs is 4. The lowest BCUT2D eigenvalue weighted by Gasteiger charge is -2.47. The van der Waals surface area contributed by atoms with Gasteiger partial charge in [-0.25, -0.2) is 0 Å². The highest BCUT2D eigenvalue weighted by atomic mass is 35.5. The molecule has 0 bridgehead atoms. The molecule has 176 valence electrons. The third-order valence-corrected chi connectivity index (χ3v) is 8.04. The lowest BCUT2D eigenvalue weighted by Crippen LogP contribution is -2.62. The summed E-state index contributed by atoms with van der Waals surface area (Å²) in [5.41, 5.74) is -0.726. The third kappa shape index (κ3) is 2.61. The van der Waals surface area contributed by atoms with Crippen molar-refractivity contribution >= 4 is 34.7 Å². The molecular formula is C26H20ClN3O5. The van der Waals surface area contributed by atoms with Crippen LogP contribution in [0.5, 0.6) is 5.75 Å². The highest BCUT2D eigenvalue weighted by molar-refractivity contribution is 6.32. The second-order valence-electron chi connectivity index (χ2n) is 9.20. The molecule has 35 heavy (non-hydrogen) atoms. The number of ether oxygens (including phenoxy) is 1. The van der Waals surface area contributed by atoms with Crippen molar-refractivity contribution < 1.29 is 19.2 Å². The SMILES string of the molecule is CN1C[C@H](c2ccc(Cl)c([N+](=O)[O-])c2)[C@@]2(COc3ccccc3C2=O)[C@@]12C(=O)Nc1ccccc12. The van der Waals surface area contributed by atoms with E-state index in [2.05, 4.69) is 5.32 Å². The lowest BCUT2D eigenvalue weighted by atomic mass is 9.57. The number of nitrogens with one attached hydrogen (secondary N) is 1. The molecule has 3 atom stereocenters. The monoisotopic (exact) mass is 489 g/mol. The van der Waals surface area contributed by atoms with Gasteiger partial charge in [0.1, 0.15) is 28.3 Å². The molecule has 3 aromatic carbocycles. The number of ketones is 1. The molecule has 0 aliphatic carbocycles. The van der Waals surface area contributed by atoms with Crippen molar-refractivity contribution in [3.8, 4) is 5.75 Å². The molecule has 0 unspecified atom stereocenters. The van der Waals surface area contributed by atoms with Crippen molar-refractivity contribution in [3.63, 3.8) is 0 Å². The molecule has 9 heteroatoms. The molecule has 1 fully saturated rings. The van der Waals surface area contributed by atoms with Crippen LogP contribution in [0.1, 0.15) is 27.4 Å². The van der Waals surface area contributed by atoms with Crippen LogP contribution >= 0.6 is 11.6 Å². The van der Waals surface area contributed by atoms with Crippen molar-refractivity contribution in [1.29, 1.82) is 0 Å². The van der Waals surface area contributed by atoms with E-state index < -0.39 is 21.8 Å². The molecule has 3 aliphatic heterocycles. The lowest BCUT2D eigenvalue weighted by molar-refractivity contribution is -0.384. The van der Waals surface area contributed by atoms with Crippen molar-refractivity contribution in [3.05, 3.63) is 98.6 Å². The minimum absolute atomic E-state index is 0.00869. The summed E-state index contributed by atoms with van der Waals surface area (Å²) in [4.78, 5) is 41.4. The number of rotatable bonds is 2. The Balaban J connectivity index is 1.66. The van der Waals surface area contributed by atoms with Crippen LogP contribution in [0.25, 0.3) is 0 Å². The van der Waals surface area contributed by atoms with E-state index in [0.717, 1.165) is 0 Å². The van der Waals surface area contributed by atoms with E-state index >= 15 is 0 Å². The maximum absolute atomic E-state index is 14.5. The molecule has 3 aromatic rings. The van der Waals surface area contributed by atoms with Crippen LogP contribution in [0.2, 0.25) is 5.02 Å². The fraction of sp³-hybridized carbons (Fsp3) is 0.231. The molecule has 6 rings (SSSR count). The normalized spacial score (nSPS) is 27.0. The number of Topliss-reactive ketones (excluding diaryl/α,β-unsaturated/α-hetero) is 1. The van der Waals surface area contributed by atoms with Gasteiger partial charge in [0, 0.05) is 29.8 Å². The van der Waals surface area contributed by atoms with Gasteiger partial charge in [0.05, 0.1) is 10.5 Å². The van der Waals surface area contributed by atoms with Crippen molar-refractivity contribution in [2.45, 2.75) is 11.5 Å². The van der Waals surface area contributed by atoms with E-state index in [-0.39, 0.29) is 29.0 Å². The van der Waals surface area contributed by atoms with E-state index in [1.54, 1.807) is 30.3 Å². The Labute approximate surface area is 205 Å². The van der Waals surface area contributed by atoms with Gasteiger partial charge in [-0.05, 0) is 36.9 Å². The predicted octanol–water partition coefficient (Wildman–Crippen LogP) is 4.39. The summed E-state index contributed by atoms with van der Waals surface area (Å²) in [5, 5.41) is 14.6. The average Bonchev–Trinajstić information content (AvgIpc) is 3.30. The molecule has 0 radical (unpaired) electrons. The van der Waals surface area contributed by atoms with Crippen molar-refractivity contribution in [2.24, 2.45) is 5.41 Å². The third-order valence-electron chi connectivity index (χ3n) is 7.72. The van der Waals surface area contributed by atoms with Gasteiger partial charge in [0.2, 0.25) is 0 Å². The summed E-state index contributed by atoms with van der Waals surface area (Å²) in [7, 11) is 1.81. The Morgan fingerprint density at radius 1 is 1.11 bits per heavy atom. The van der Waals surface area contributed by atoms with Gasteiger partial charge >= 0.3 is 0 Å². The number of nitro groups is 1. The maximum Gasteiger partial charge on any atom is 0.288 e. The van der Waals surface area contributed by atoms with Gasteiger partial charge < -0.3 is 10.1 Å². The predicted molar refractivity (Wildman–Crippen MR) is 129 cm³/mol. The zero-order valence-corrected chi connectivity index (χ0v) is 19.4. The Morgan fingerprint density at radius 2 is 1.86 bits per heavy atom. The number of nitro benzene ring substituents is 1. The molecule has 0 aromatic heterocycles. The number of likely N-dealkylation sites (tertiary alicyclic amines) is 1. The molecule has 1 amide bonds. The fourth-order valence-electron chi connectivity index (χ4n) is 6.31. The standard InChI is InChI=1S/C26H20ClN3O5/c1-29-13-18(15-10-11-19(27)21(12-15)30(33)34)25(14-35-22-9-5-2-6-16(22)23(25)31)26(29)17-7-3-4-8-20(17)28-24(26)32/h2-12,18H,13-14H2,1H3,(H,28,32)/t18-,25-,26-/m1/s1. The zero-order chi connectivity index (χ0) is 24.5. The molecule has 3 aliphatic rings. The average molecular weight is 490 g/mol. The summed E-state index contributed by atoms with van der Waals surface area (Å²) in [5.74, 6) is -0.664. The first-order valence-corrected chi connectivity index (χ1v) is 11.5. The van der Waals surface area contributed by atoms with Gasteiger partial charge in [-0.3, -0.25) is 24.6 Å². The number of carbonyl (C=O) groups is 2. The quantitative estimate of drug-likeness (QED) is 0.423. The van der Waals surface area contributed by atoms with Crippen LogP contribution in [0, 0.1) is 15.5 Å². The minimum Gasteiger partial charge on any atom is -0.492 e. The van der Waals surface area contributed by atoms with Crippen molar-refractivity contribution in [1.82, 2.24) is 4.90 Å². The molecular weight excluding hydrogens is 470 g/mol. The van der Waals surface area contributed by atoms with E-state index in [9.17, 15) is 19.7 Å². The highest BCUT2D eigenvalue weighted by Gasteiger charge is 2.75. The van der Waals surface area contributed by atoms with Crippen LogP contribution in [-0.4, -0.2) is 41.7 Å². The van der Waals surface area contributed by atoms with E-state index in [1.165, 1.54) is 12.1 Å². The van der Waals surface area contributed by atoms with E-state index in [0.29, 0.717) is 34.7 Å². The largest absolute Gasteiger partial charge is 0.492 e. The molecule has 1 N–H and O–H groups in total. The number of anilines is 1. The number of hydrogen-bond acceptors (Lipinski definition) is 6. The summed E-state index contributed by atoms with van der Waals surface area (Å²) in [6, 6.07) is 18.9. The molecule has 8 nitrogen and oxygen atoms in total. The van der Waals surface area contributed by atoms with Crippen LogP contribution in [0.15, 0.2) is 66.7 Å². The zero-order valence-electron chi connectivity index (χ0n) is 18.7. The molecule has 2 spiro atoms. The van der Waals surface area contributed by atoms with Crippen LogP contribution in [0.3, 0.4) is 0 Å². The van der Waals surface area contributed by atoms with Crippen LogP contribution in [-0.2, 0) is 10.3 Å². The summed E-state index contributed by atoms with van der Waals surface area (Å²) < 4.78 is 6.20. The number of carbonyl (C=O) groups excluding carboxylic acids is 2. The Morgan fingerprint density at radius 3 is 2.66 bits per heavy atom. The Bertz CT molecular complexity index is 1440. The summed E-state index contributed by atoms with van der Waals surface area (Å²) in [6.45, 7) is 0.244. The van der Waals surface area contributed by atoms with Crippen LogP contribution in [0.4, 0.5) is 11.4 Å². The second kappa shape index (κ2) is 7.37. The number of benzene rings is 3. The minimum atomic E-state index is -1.38. The van der Waals surface area contributed by atoms with E-state index in [1.807, 2.05) is 36.2 Å². The number of nitrogens with zero attached hydrogens (tertiary/aromatic N) is 2. The first kappa shape index (κ1) is 21.8. The van der Waals surface area contributed by atoms with Gasteiger partial charge in [0.25, 0.3) is 11.6 Å². The molecule has 0 saturated carbocycles. The smallest absolute Gasteiger partial charge is 0.288 e. The number of amides is 1. The summed E-state index contributed by atoms with van der Waals surface area (Å²) in [6.07, 6.45) is 0. The second-order valence-corrected chi connectivity index (χ2v) is 9.60. The van der Waals surface area contributed by atoms with Crippen molar-refractivity contribution in [2.75, 3.05) is 25.5 Å². The number of likely N-dealkylation sites (N-methyl/N-ethyl adjacent to an activating group) is 1. The number of hydrogen-bond donors (Lipinski definition) is 1. The Kier molecular flexibility index (Phi) is 4.58. The van der Waals surface area contributed by atoms with Gasteiger partial charge in [0.15, 0.2) is 5.78 Å². The van der Waals surface area contributed by atoms with Gasteiger partial charge in [-0.1, -0.05) is 48.0 Å². The first-order valence-electron chi connectivity index (χ1n) is 11.1.